The molecular formula is C31H42O3S. The van der Waals surface area contributed by atoms with Crippen molar-refractivity contribution in [3.8, 4) is 0 Å². The highest BCUT2D eigenvalue weighted by molar-refractivity contribution is 7.85. The van der Waals surface area contributed by atoms with Gasteiger partial charge in [0.15, 0.2) is 0 Å². The fraction of sp³-hybridized carbons (Fsp3) is 0.419. The van der Waals surface area contributed by atoms with E-state index in [-0.39, 0.29) is 10.8 Å². The molecule has 0 amide bonds. The zero-order valence-corrected chi connectivity index (χ0v) is 22.7. The highest BCUT2D eigenvalue weighted by atomic mass is 32.2. The molecule has 0 heterocycles. The number of rotatable bonds is 14. The van der Waals surface area contributed by atoms with Crippen LogP contribution in [0.25, 0.3) is 6.08 Å². The van der Waals surface area contributed by atoms with E-state index in [9.17, 15) is 13.0 Å². The first-order valence-electron chi connectivity index (χ1n) is 13.0. The van der Waals surface area contributed by atoms with Crippen molar-refractivity contribution in [2.24, 2.45) is 0 Å². The first kappa shape index (κ1) is 28.8. The summed E-state index contributed by atoms with van der Waals surface area (Å²) in [5.41, 5.74) is 5.38. The lowest BCUT2D eigenvalue weighted by atomic mass is 9.92. The first-order valence-corrected chi connectivity index (χ1v) is 14.4. The molecule has 3 nitrogen and oxygen atoms in total. The fourth-order valence-corrected chi connectivity index (χ4v) is 5.01. The molecule has 0 fully saturated rings. The van der Waals surface area contributed by atoms with E-state index in [1.807, 2.05) is 32.1 Å². The van der Waals surface area contributed by atoms with E-state index in [1.165, 1.54) is 17.5 Å². The minimum Gasteiger partial charge on any atom is -0.282 e. The Morgan fingerprint density at radius 3 is 2.14 bits per heavy atom. The summed E-state index contributed by atoms with van der Waals surface area (Å²) in [6, 6.07) is 12.4. The summed E-state index contributed by atoms with van der Waals surface area (Å²) in [5.74, 6) is -0.0763. The largest absolute Gasteiger partial charge is 0.294 e. The van der Waals surface area contributed by atoms with Gasteiger partial charge in [0.1, 0.15) is 0 Å². The van der Waals surface area contributed by atoms with Gasteiger partial charge >= 0.3 is 0 Å². The van der Waals surface area contributed by atoms with Crippen molar-refractivity contribution < 1.29 is 13.0 Å². The molecule has 1 unspecified atom stereocenters. The van der Waals surface area contributed by atoms with Crippen molar-refractivity contribution >= 4 is 16.2 Å². The predicted octanol–water partition coefficient (Wildman–Crippen LogP) is 8.50. The van der Waals surface area contributed by atoms with E-state index < -0.39 is 10.1 Å². The molecule has 1 atom stereocenters. The van der Waals surface area contributed by atoms with Gasteiger partial charge < -0.3 is 0 Å². The lowest BCUT2D eigenvalue weighted by Gasteiger charge is -2.17. The van der Waals surface area contributed by atoms with Crippen molar-refractivity contribution in [2.45, 2.75) is 89.9 Å². The highest BCUT2D eigenvalue weighted by Gasteiger charge is 2.21. The van der Waals surface area contributed by atoms with E-state index in [1.54, 1.807) is 6.07 Å². The topological polar surface area (TPSA) is 54.4 Å². The summed E-state index contributed by atoms with van der Waals surface area (Å²) in [7, 11) is -4.29. The maximum absolute atomic E-state index is 12.1. The highest BCUT2D eigenvalue weighted by Crippen LogP contribution is 2.30. The van der Waals surface area contributed by atoms with Crippen molar-refractivity contribution in [3.63, 3.8) is 0 Å². The molecule has 0 saturated heterocycles. The smallest absolute Gasteiger partial charge is 0.282 e. The first-order chi connectivity index (χ1) is 16.8. The number of allylic oxidation sites excluding steroid dienone is 5. The standard InChI is InChI=1S/C31H42O3S/c1-5-8-12-16-26-19-21-27(22-20-26)17-13-10-11-14-18-29-24-31(35(32,33)34)30(23-28(29)7-3)25(4)15-9-6-2/h9-12,15-16,19-25H,5-8,13-14,17-18H2,1-4H3,(H,32,33,34). The molecule has 190 valence electrons. The molecule has 0 spiro atoms. The quantitative estimate of drug-likeness (QED) is 0.211. The minimum atomic E-state index is -4.29. The maximum atomic E-state index is 12.1. The van der Waals surface area contributed by atoms with Crippen LogP contribution in [-0.2, 0) is 29.4 Å². The van der Waals surface area contributed by atoms with Crippen LogP contribution in [-0.4, -0.2) is 13.0 Å². The molecule has 0 aliphatic rings. The Balaban J connectivity index is 2.00. The van der Waals surface area contributed by atoms with Crippen molar-refractivity contribution in [3.05, 3.63) is 94.6 Å². The Kier molecular flexibility index (Phi) is 12.2. The molecule has 35 heavy (non-hydrogen) atoms. The summed E-state index contributed by atoms with van der Waals surface area (Å²) < 4.78 is 34.2. The zero-order valence-electron chi connectivity index (χ0n) is 21.8. The van der Waals surface area contributed by atoms with Crippen LogP contribution in [0.2, 0.25) is 0 Å². The molecule has 0 aliphatic heterocycles. The molecule has 4 heteroatoms. The normalized spacial score (nSPS) is 13.4. The lowest BCUT2D eigenvalue weighted by Crippen LogP contribution is -2.08. The van der Waals surface area contributed by atoms with Crippen molar-refractivity contribution in [1.29, 1.82) is 0 Å². The third-order valence-electron chi connectivity index (χ3n) is 6.23. The predicted molar refractivity (Wildman–Crippen MR) is 150 cm³/mol. The van der Waals surface area contributed by atoms with Gasteiger partial charge in [0, 0.05) is 5.92 Å². The van der Waals surface area contributed by atoms with Gasteiger partial charge in [-0.05, 0) is 78.8 Å². The molecule has 0 radical (unpaired) electrons. The molecule has 0 aromatic heterocycles. The number of aryl methyl sites for hydroxylation is 3. The van der Waals surface area contributed by atoms with Gasteiger partial charge in [-0.2, -0.15) is 8.42 Å². The average molecular weight is 495 g/mol. The van der Waals surface area contributed by atoms with Crippen LogP contribution < -0.4 is 0 Å². The molecule has 0 aliphatic carbocycles. The summed E-state index contributed by atoms with van der Waals surface area (Å²) in [4.78, 5) is 0.0370. The van der Waals surface area contributed by atoms with Crippen molar-refractivity contribution in [2.75, 3.05) is 0 Å². The Hall–Kier alpha value is -2.43. The second-order valence-electron chi connectivity index (χ2n) is 9.09. The van der Waals surface area contributed by atoms with Gasteiger partial charge in [0.2, 0.25) is 0 Å². The lowest BCUT2D eigenvalue weighted by molar-refractivity contribution is 0.481. The van der Waals surface area contributed by atoms with E-state index in [2.05, 4.69) is 62.4 Å². The van der Waals surface area contributed by atoms with Gasteiger partial charge in [-0.15, -0.1) is 0 Å². The fourth-order valence-electron chi connectivity index (χ4n) is 4.18. The summed E-state index contributed by atoms with van der Waals surface area (Å²) in [5, 5.41) is 0. The number of hydrogen-bond donors (Lipinski definition) is 1. The molecule has 2 rings (SSSR count). The molecule has 2 aromatic carbocycles. The number of benzene rings is 2. The van der Waals surface area contributed by atoms with E-state index in [4.69, 9.17) is 0 Å². The third kappa shape index (κ3) is 9.62. The Morgan fingerprint density at radius 2 is 1.54 bits per heavy atom. The van der Waals surface area contributed by atoms with E-state index in [0.717, 1.165) is 56.1 Å². The Morgan fingerprint density at radius 1 is 0.857 bits per heavy atom. The van der Waals surface area contributed by atoms with Gasteiger partial charge in [0.05, 0.1) is 4.90 Å². The monoisotopic (exact) mass is 494 g/mol. The van der Waals surface area contributed by atoms with E-state index >= 15 is 0 Å². The van der Waals surface area contributed by atoms with Crippen LogP contribution >= 0.6 is 0 Å². The Labute approximate surface area is 213 Å². The minimum absolute atomic E-state index is 0.0370. The summed E-state index contributed by atoms with van der Waals surface area (Å²) in [6.45, 7) is 8.28. The number of hydrogen-bond acceptors (Lipinski definition) is 2. The van der Waals surface area contributed by atoms with Crippen molar-refractivity contribution in [1.82, 2.24) is 0 Å². The maximum Gasteiger partial charge on any atom is 0.294 e. The molecular weight excluding hydrogens is 452 g/mol. The third-order valence-corrected chi connectivity index (χ3v) is 7.14. The van der Waals surface area contributed by atoms with Gasteiger partial charge in [-0.25, -0.2) is 0 Å². The number of unbranched alkanes of at least 4 members (excludes halogenated alkanes) is 1. The van der Waals surface area contributed by atoms with Gasteiger partial charge in [0.25, 0.3) is 10.1 Å². The van der Waals surface area contributed by atoms with E-state index in [0.29, 0.717) is 5.56 Å². The van der Waals surface area contributed by atoms with Gasteiger partial charge in [-0.1, -0.05) is 101 Å². The SMILES string of the molecule is CCC=CC(C)c1cc(CC)c(CCC=CCCc2ccc(C=CCCC)cc2)cc1S(=O)(=O)O. The Bertz CT molecular complexity index is 1110. The van der Waals surface area contributed by atoms with Crippen LogP contribution in [0.5, 0.6) is 0 Å². The summed E-state index contributed by atoms with van der Waals surface area (Å²) >= 11 is 0. The van der Waals surface area contributed by atoms with Crippen LogP contribution in [0.1, 0.15) is 93.5 Å². The second kappa shape index (κ2) is 14.9. The van der Waals surface area contributed by atoms with Crippen LogP contribution in [0, 0.1) is 0 Å². The second-order valence-corrected chi connectivity index (χ2v) is 10.5. The summed E-state index contributed by atoms with van der Waals surface area (Å²) in [6.07, 6.45) is 20.4. The molecule has 0 bridgehead atoms. The average Bonchev–Trinajstić information content (AvgIpc) is 2.84. The van der Waals surface area contributed by atoms with Crippen LogP contribution in [0.15, 0.2) is 71.7 Å². The molecule has 1 N–H and O–H groups in total. The van der Waals surface area contributed by atoms with Gasteiger partial charge in [-0.3, -0.25) is 4.55 Å². The van der Waals surface area contributed by atoms with Crippen LogP contribution in [0.3, 0.4) is 0 Å². The molecule has 2 aromatic rings. The zero-order chi connectivity index (χ0) is 25.7. The molecule has 0 saturated carbocycles. The van der Waals surface area contributed by atoms with Crippen LogP contribution in [0.4, 0.5) is 0 Å².